The fourth-order valence-electron chi connectivity index (χ4n) is 2.44. The average molecular weight is 294 g/mol. The van der Waals surface area contributed by atoms with Crippen LogP contribution in [0.2, 0.25) is 0 Å². The molecule has 0 aromatic heterocycles. The van der Waals surface area contributed by atoms with Crippen molar-refractivity contribution in [2.24, 2.45) is 5.92 Å². The molecular weight excluding hydrogens is 278 g/mol. The van der Waals surface area contributed by atoms with Gasteiger partial charge in [-0.15, -0.1) is 0 Å². The molecule has 1 aromatic carbocycles. The van der Waals surface area contributed by atoms with Crippen LogP contribution in [0.1, 0.15) is 29.9 Å². The zero-order chi connectivity index (χ0) is 11.8. The lowest BCUT2D eigenvalue weighted by Crippen LogP contribution is -2.38. The van der Waals surface area contributed by atoms with Crippen LogP contribution in [0.5, 0.6) is 0 Å². The molecule has 3 rings (SSSR count). The Labute approximate surface area is 110 Å². The highest BCUT2D eigenvalue weighted by atomic mass is 79.9. The minimum Gasteiger partial charge on any atom is -0.354 e. The van der Waals surface area contributed by atoms with E-state index in [1.165, 1.54) is 24.0 Å². The molecule has 1 aromatic rings. The summed E-state index contributed by atoms with van der Waals surface area (Å²) in [5.74, 6) is 1.06. The van der Waals surface area contributed by atoms with E-state index >= 15 is 0 Å². The van der Waals surface area contributed by atoms with Gasteiger partial charge >= 0.3 is 0 Å². The highest BCUT2D eigenvalue weighted by Crippen LogP contribution is 2.37. The van der Waals surface area contributed by atoms with Gasteiger partial charge in [0.1, 0.15) is 0 Å². The van der Waals surface area contributed by atoms with Crippen LogP contribution in [-0.4, -0.2) is 17.3 Å². The van der Waals surface area contributed by atoms with Crippen molar-refractivity contribution in [3.63, 3.8) is 0 Å². The van der Waals surface area contributed by atoms with Crippen molar-refractivity contribution in [1.29, 1.82) is 0 Å². The minimum absolute atomic E-state index is 0.0881. The van der Waals surface area contributed by atoms with E-state index in [1.807, 2.05) is 12.1 Å². The van der Waals surface area contributed by atoms with E-state index in [-0.39, 0.29) is 11.8 Å². The summed E-state index contributed by atoms with van der Waals surface area (Å²) in [7, 11) is 0. The predicted octanol–water partition coefficient (Wildman–Crippen LogP) is 2.62. The molecule has 2 aliphatic rings. The minimum atomic E-state index is 0.0881. The Morgan fingerprint density at radius 3 is 2.88 bits per heavy atom. The zero-order valence-electron chi connectivity index (χ0n) is 9.66. The van der Waals surface area contributed by atoms with Crippen LogP contribution in [0.25, 0.3) is 0 Å². The first-order chi connectivity index (χ1) is 8.25. The van der Waals surface area contributed by atoms with Gasteiger partial charge in [0, 0.05) is 11.4 Å². The van der Waals surface area contributed by atoms with Crippen molar-refractivity contribution in [3.05, 3.63) is 35.4 Å². The summed E-state index contributed by atoms with van der Waals surface area (Å²) in [5.41, 5.74) is 2.53. The summed E-state index contributed by atoms with van der Waals surface area (Å²) in [4.78, 5) is 12.5. The number of hydrogen-bond acceptors (Lipinski definition) is 1. The van der Waals surface area contributed by atoms with E-state index in [4.69, 9.17) is 0 Å². The molecule has 0 aliphatic heterocycles. The van der Waals surface area contributed by atoms with Gasteiger partial charge in [-0.3, -0.25) is 4.79 Å². The zero-order valence-corrected chi connectivity index (χ0v) is 11.2. The smallest absolute Gasteiger partial charge is 0.227 e. The molecule has 17 heavy (non-hydrogen) atoms. The second-order valence-electron chi connectivity index (χ2n) is 5.05. The SMILES string of the molecule is O=C(NCC(Br)C1CC1)C1Cc2ccccc21. The number of alkyl halides is 1. The maximum Gasteiger partial charge on any atom is 0.227 e. The lowest BCUT2D eigenvalue weighted by atomic mass is 9.77. The van der Waals surface area contributed by atoms with Gasteiger partial charge in [-0.05, 0) is 36.3 Å². The van der Waals surface area contributed by atoms with E-state index in [1.54, 1.807) is 0 Å². The number of amides is 1. The van der Waals surface area contributed by atoms with E-state index in [0.717, 1.165) is 18.9 Å². The topological polar surface area (TPSA) is 29.1 Å². The summed E-state index contributed by atoms with van der Waals surface area (Å²) in [6, 6.07) is 8.22. The number of fused-ring (bicyclic) bond motifs is 1. The van der Waals surface area contributed by atoms with Crippen LogP contribution in [-0.2, 0) is 11.2 Å². The predicted molar refractivity (Wildman–Crippen MR) is 71.3 cm³/mol. The fourth-order valence-corrected chi connectivity index (χ4v) is 3.13. The van der Waals surface area contributed by atoms with Crippen LogP contribution < -0.4 is 5.32 Å². The van der Waals surface area contributed by atoms with Crippen molar-refractivity contribution in [2.45, 2.75) is 30.0 Å². The molecule has 0 bridgehead atoms. The first-order valence-electron chi connectivity index (χ1n) is 6.25. The Bertz CT molecular complexity index is 442. The number of nitrogens with one attached hydrogen (secondary N) is 1. The molecule has 0 heterocycles. The van der Waals surface area contributed by atoms with Gasteiger partial charge in [0.05, 0.1) is 5.92 Å². The largest absolute Gasteiger partial charge is 0.354 e. The second kappa shape index (κ2) is 4.45. The third kappa shape index (κ3) is 2.25. The monoisotopic (exact) mass is 293 g/mol. The summed E-state index contributed by atoms with van der Waals surface area (Å²) < 4.78 is 0. The molecule has 0 spiro atoms. The van der Waals surface area contributed by atoms with E-state index in [0.29, 0.717) is 4.83 Å². The first-order valence-corrected chi connectivity index (χ1v) is 7.17. The molecule has 0 radical (unpaired) electrons. The summed E-state index contributed by atoms with van der Waals surface area (Å²) in [6.45, 7) is 0.766. The highest BCUT2D eigenvalue weighted by Gasteiger charge is 2.33. The van der Waals surface area contributed by atoms with Crippen LogP contribution >= 0.6 is 15.9 Å². The van der Waals surface area contributed by atoms with Gasteiger partial charge < -0.3 is 5.32 Å². The molecule has 0 saturated heterocycles. The quantitative estimate of drug-likeness (QED) is 0.850. The maximum absolute atomic E-state index is 12.0. The van der Waals surface area contributed by atoms with Crippen LogP contribution in [0.3, 0.4) is 0 Å². The number of benzene rings is 1. The third-order valence-electron chi connectivity index (χ3n) is 3.78. The maximum atomic E-state index is 12.0. The molecule has 2 atom stereocenters. The molecule has 90 valence electrons. The summed E-state index contributed by atoms with van der Waals surface area (Å²) >= 11 is 3.64. The lowest BCUT2D eigenvalue weighted by molar-refractivity contribution is -0.123. The molecule has 2 unspecified atom stereocenters. The van der Waals surface area contributed by atoms with E-state index < -0.39 is 0 Å². The van der Waals surface area contributed by atoms with Gasteiger partial charge in [0.2, 0.25) is 5.91 Å². The Morgan fingerprint density at radius 2 is 2.18 bits per heavy atom. The third-order valence-corrected chi connectivity index (χ3v) is 4.85. The van der Waals surface area contributed by atoms with Crippen molar-refractivity contribution in [1.82, 2.24) is 5.32 Å². The molecule has 2 nitrogen and oxygen atoms in total. The molecule has 1 amide bonds. The standard InChI is InChI=1S/C14H16BrNO/c15-13(9-5-6-9)8-16-14(17)12-7-10-3-1-2-4-11(10)12/h1-4,9,12-13H,5-8H2,(H,16,17). The van der Waals surface area contributed by atoms with Gasteiger partial charge in [-0.1, -0.05) is 40.2 Å². The number of carbonyl (C=O) groups excluding carboxylic acids is 1. The van der Waals surface area contributed by atoms with Crippen LogP contribution in [0.15, 0.2) is 24.3 Å². The Morgan fingerprint density at radius 1 is 1.41 bits per heavy atom. The Hall–Kier alpha value is -0.830. The Kier molecular flexibility index (Phi) is 2.95. The van der Waals surface area contributed by atoms with Crippen molar-refractivity contribution < 1.29 is 4.79 Å². The number of carbonyl (C=O) groups is 1. The summed E-state index contributed by atoms with van der Waals surface area (Å²) in [6.07, 6.45) is 3.51. The van der Waals surface area contributed by atoms with Crippen molar-refractivity contribution in [2.75, 3.05) is 6.54 Å². The van der Waals surface area contributed by atoms with E-state index in [9.17, 15) is 4.79 Å². The molecule has 3 heteroatoms. The molecule has 1 saturated carbocycles. The van der Waals surface area contributed by atoms with Crippen molar-refractivity contribution in [3.8, 4) is 0 Å². The van der Waals surface area contributed by atoms with Gasteiger partial charge in [0.15, 0.2) is 0 Å². The average Bonchev–Trinajstić information content (AvgIpc) is 3.11. The van der Waals surface area contributed by atoms with Gasteiger partial charge in [0.25, 0.3) is 0 Å². The van der Waals surface area contributed by atoms with Crippen molar-refractivity contribution >= 4 is 21.8 Å². The molecule has 2 aliphatic carbocycles. The Balaban J connectivity index is 1.54. The van der Waals surface area contributed by atoms with Gasteiger partial charge in [-0.25, -0.2) is 0 Å². The van der Waals surface area contributed by atoms with Gasteiger partial charge in [-0.2, -0.15) is 0 Å². The second-order valence-corrected chi connectivity index (χ2v) is 6.23. The molecule has 1 fully saturated rings. The van der Waals surface area contributed by atoms with E-state index in [2.05, 4.69) is 33.4 Å². The number of hydrogen-bond donors (Lipinski definition) is 1. The normalized spacial score (nSPS) is 23.5. The first kappa shape index (κ1) is 11.3. The fraction of sp³-hybridized carbons (Fsp3) is 0.500. The summed E-state index contributed by atoms with van der Waals surface area (Å²) in [5, 5.41) is 3.06. The van der Waals surface area contributed by atoms with Crippen LogP contribution in [0, 0.1) is 5.92 Å². The molecule has 1 N–H and O–H groups in total. The highest BCUT2D eigenvalue weighted by molar-refractivity contribution is 9.09. The molecular formula is C14H16BrNO. The number of rotatable bonds is 4. The number of halogens is 1. The van der Waals surface area contributed by atoms with Crippen LogP contribution in [0.4, 0.5) is 0 Å². The lowest BCUT2D eigenvalue weighted by Gasteiger charge is -2.29.